The van der Waals surface area contributed by atoms with Crippen LogP contribution in [0, 0.1) is 13.8 Å². The Bertz CT molecular complexity index is 507. The molecule has 2 rings (SSSR count). The number of ether oxygens (including phenoxy) is 1. The molecule has 2 heterocycles. The first-order valence-corrected chi connectivity index (χ1v) is 7.70. The van der Waals surface area contributed by atoms with Gasteiger partial charge in [-0.25, -0.2) is 4.98 Å². The van der Waals surface area contributed by atoms with Gasteiger partial charge in [-0.05, 0) is 60.2 Å². The number of anilines is 1. The quantitative estimate of drug-likeness (QED) is 0.929. The van der Waals surface area contributed by atoms with E-state index in [1.165, 1.54) is 11.1 Å². The van der Waals surface area contributed by atoms with Crippen LogP contribution in [-0.2, 0) is 11.3 Å². The number of nitrogens with zero attached hydrogens (tertiary/aromatic N) is 2. The highest BCUT2D eigenvalue weighted by Crippen LogP contribution is 2.33. The number of pyridine rings is 1. The Morgan fingerprint density at radius 1 is 1.19 bits per heavy atom. The monoisotopic (exact) mass is 291 g/mol. The zero-order valence-corrected chi connectivity index (χ0v) is 14.5. The van der Waals surface area contributed by atoms with Gasteiger partial charge in [-0.1, -0.05) is 0 Å². The van der Waals surface area contributed by atoms with E-state index in [-0.39, 0.29) is 11.2 Å². The summed E-state index contributed by atoms with van der Waals surface area (Å²) in [5.74, 6) is 1.10. The summed E-state index contributed by atoms with van der Waals surface area (Å²) in [6.07, 6.45) is 0. The minimum absolute atomic E-state index is 0.169. The topological polar surface area (TPSA) is 37.4 Å². The maximum Gasteiger partial charge on any atom is 0.133 e. The number of nitrogens with one attached hydrogen (secondary N) is 1. The van der Waals surface area contributed by atoms with Crippen molar-refractivity contribution >= 4 is 5.82 Å². The van der Waals surface area contributed by atoms with E-state index in [2.05, 4.69) is 57.8 Å². The molecular formula is C17H29N3O. The molecule has 1 aromatic rings. The molecule has 4 heteroatoms. The van der Waals surface area contributed by atoms with Crippen LogP contribution in [0.4, 0.5) is 5.82 Å². The van der Waals surface area contributed by atoms with Crippen LogP contribution in [-0.4, -0.2) is 36.3 Å². The van der Waals surface area contributed by atoms with Crippen molar-refractivity contribution in [2.75, 3.05) is 25.0 Å². The van der Waals surface area contributed by atoms with Crippen molar-refractivity contribution in [3.05, 3.63) is 22.9 Å². The second-order valence-corrected chi connectivity index (χ2v) is 7.39. The molecule has 0 aliphatic carbocycles. The lowest BCUT2D eigenvalue weighted by molar-refractivity contribution is -0.133. The lowest BCUT2D eigenvalue weighted by Crippen LogP contribution is -2.57. The average Bonchev–Trinajstić information content (AvgIpc) is 2.28. The van der Waals surface area contributed by atoms with Gasteiger partial charge in [0, 0.05) is 30.9 Å². The first-order chi connectivity index (χ1) is 9.63. The summed E-state index contributed by atoms with van der Waals surface area (Å²) in [4.78, 5) is 7.22. The van der Waals surface area contributed by atoms with Crippen LogP contribution < -0.4 is 10.2 Å². The van der Waals surface area contributed by atoms with Crippen LogP contribution in [0.2, 0.25) is 0 Å². The minimum atomic E-state index is -0.169. The lowest BCUT2D eigenvalue weighted by atomic mass is 9.97. The Hall–Kier alpha value is -1.13. The predicted molar refractivity (Wildman–Crippen MR) is 87.9 cm³/mol. The Kier molecular flexibility index (Phi) is 4.31. The molecule has 0 radical (unpaired) electrons. The minimum Gasteiger partial charge on any atom is -0.366 e. The van der Waals surface area contributed by atoms with Crippen molar-refractivity contribution in [3.8, 4) is 0 Å². The van der Waals surface area contributed by atoms with Gasteiger partial charge in [-0.2, -0.15) is 0 Å². The molecule has 1 fully saturated rings. The molecule has 21 heavy (non-hydrogen) atoms. The van der Waals surface area contributed by atoms with E-state index in [0.29, 0.717) is 0 Å². The third-order valence-corrected chi connectivity index (χ3v) is 3.80. The van der Waals surface area contributed by atoms with Gasteiger partial charge in [0.15, 0.2) is 0 Å². The zero-order chi connectivity index (χ0) is 15.8. The molecule has 0 bridgehead atoms. The van der Waals surface area contributed by atoms with Gasteiger partial charge >= 0.3 is 0 Å². The smallest absolute Gasteiger partial charge is 0.133 e. The number of rotatable bonds is 3. The Balaban J connectivity index is 2.45. The van der Waals surface area contributed by atoms with Gasteiger partial charge in [0.2, 0.25) is 0 Å². The largest absolute Gasteiger partial charge is 0.366 e. The maximum atomic E-state index is 6.19. The van der Waals surface area contributed by atoms with Crippen molar-refractivity contribution in [2.45, 2.75) is 59.3 Å². The highest BCUT2D eigenvalue weighted by atomic mass is 16.5. The van der Waals surface area contributed by atoms with E-state index in [1.807, 2.05) is 7.05 Å². The predicted octanol–water partition coefficient (Wildman–Crippen LogP) is 2.81. The van der Waals surface area contributed by atoms with Gasteiger partial charge < -0.3 is 15.0 Å². The number of aryl methyl sites for hydroxylation is 2. The van der Waals surface area contributed by atoms with Crippen LogP contribution in [0.1, 0.15) is 44.5 Å². The van der Waals surface area contributed by atoms with Crippen LogP contribution in [0.25, 0.3) is 0 Å². The van der Waals surface area contributed by atoms with Crippen molar-refractivity contribution in [1.82, 2.24) is 10.3 Å². The van der Waals surface area contributed by atoms with Crippen LogP contribution in [0.15, 0.2) is 6.07 Å². The van der Waals surface area contributed by atoms with E-state index >= 15 is 0 Å². The molecule has 118 valence electrons. The molecule has 0 unspecified atom stereocenters. The van der Waals surface area contributed by atoms with Gasteiger partial charge in [0.1, 0.15) is 5.82 Å². The third kappa shape index (κ3) is 3.74. The summed E-state index contributed by atoms with van der Waals surface area (Å²) >= 11 is 0. The van der Waals surface area contributed by atoms with Crippen LogP contribution >= 0.6 is 0 Å². The highest BCUT2D eigenvalue weighted by molar-refractivity contribution is 5.52. The summed E-state index contributed by atoms with van der Waals surface area (Å²) in [7, 11) is 1.98. The number of aromatic nitrogens is 1. The van der Waals surface area contributed by atoms with Gasteiger partial charge in [-0.3, -0.25) is 0 Å². The van der Waals surface area contributed by atoms with Gasteiger partial charge in [-0.15, -0.1) is 0 Å². The van der Waals surface area contributed by atoms with E-state index in [4.69, 9.17) is 9.72 Å². The summed E-state index contributed by atoms with van der Waals surface area (Å²) in [5, 5.41) is 3.27. The van der Waals surface area contributed by atoms with E-state index < -0.39 is 0 Å². The van der Waals surface area contributed by atoms with Gasteiger partial charge in [0.05, 0.1) is 11.2 Å². The molecule has 0 atom stereocenters. The van der Waals surface area contributed by atoms with E-state index in [0.717, 1.165) is 31.1 Å². The van der Waals surface area contributed by atoms with Crippen LogP contribution in [0.3, 0.4) is 0 Å². The number of hydrogen-bond acceptors (Lipinski definition) is 4. The molecule has 1 aromatic heterocycles. The van der Waals surface area contributed by atoms with Gasteiger partial charge in [0.25, 0.3) is 0 Å². The fraction of sp³-hybridized carbons (Fsp3) is 0.706. The fourth-order valence-electron chi connectivity index (χ4n) is 3.44. The summed E-state index contributed by atoms with van der Waals surface area (Å²) in [6.45, 7) is 15.4. The molecule has 0 aromatic carbocycles. The second kappa shape index (κ2) is 5.58. The molecule has 1 saturated heterocycles. The van der Waals surface area contributed by atoms with E-state index in [1.54, 1.807) is 0 Å². The first kappa shape index (κ1) is 16.2. The van der Waals surface area contributed by atoms with Crippen molar-refractivity contribution in [3.63, 3.8) is 0 Å². The maximum absolute atomic E-state index is 6.19. The standard InChI is InChI=1S/C17H29N3O/c1-12-8-13(2)19-15(14(12)9-18-7)20-10-16(3,4)21-17(5,6)11-20/h8,18H,9-11H2,1-7H3. The molecule has 0 spiro atoms. The second-order valence-electron chi connectivity index (χ2n) is 7.39. The molecule has 1 N–H and O–H groups in total. The van der Waals surface area contributed by atoms with Crippen molar-refractivity contribution in [2.24, 2.45) is 0 Å². The molecule has 1 aliphatic heterocycles. The summed E-state index contributed by atoms with van der Waals surface area (Å²) in [6, 6.07) is 2.16. The molecular weight excluding hydrogens is 262 g/mol. The number of hydrogen-bond donors (Lipinski definition) is 1. The molecule has 4 nitrogen and oxygen atoms in total. The van der Waals surface area contributed by atoms with E-state index in [9.17, 15) is 0 Å². The molecule has 1 aliphatic rings. The fourth-order valence-corrected chi connectivity index (χ4v) is 3.44. The highest BCUT2D eigenvalue weighted by Gasteiger charge is 2.39. The SMILES string of the molecule is CNCc1c(C)cc(C)nc1N1CC(C)(C)OC(C)(C)C1. The number of morpholine rings is 1. The first-order valence-electron chi connectivity index (χ1n) is 7.70. The Morgan fingerprint density at radius 2 is 1.76 bits per heavy atom. The summed E-state index contributed by atoms with van der Waals surface area (Å²) in [5.41, 5.74) is 3.32. The Morgan fingerprint density at radius 3 is 2.29 bits per heavy atom. The zero-order valence-electron chi connectivity index (χ0n) is 14.5. The molecule has 0 saturated carbocycles. The molecule has 0 amide bonds. The van der Waals surface area contributed by atoms with Crippen molar-refractivity contribution in [1.29, 1.82) is 0 Å². The average molecular weight is 291 g/mol. The lowest BCUT2D eigenvalue weighted by Gasteiger charge is -2.48. The summed E-state index contributed by atoms with van der Waals surface area (Å²) < 4.78 is 6.19. The van der Waals surface area contributed by atoms with Crippen LogP contribution in [0.5, 0.6) is 0 Å². The van der Waals surface area contributed by atoms with Crippen molar-refractivity contribution < 1.29 is 4.74 Å². The Labute approximate surface area is 128 Å². The normalized spacial score (nSPS) is 20.6. The third-order valence-electron chi connectivity index (χ3n) is 3.80.